The quantitative estimate of drug-likeness (QED) is 0.117. The van der Waals surface area contributed by atoms with E-state index in [1.54, 1.807) is 55.6 Å². The van der Waals surface area contributed by atoms with E-state index in [9.17, 15) is 19.2 Å². The van der Waals surface area contributed by atoms with Crippen LogP contribution in [0, 0.1) is 0 Å². The molecule has 2 heterocycles. The van der Waals surface area contributed by atoms with Crippen molar-refractivity contribution in [1.82, 2.24) is 0 Å². The minimum atomic E-state index is -0.764. The second-order valence-electron chi connectivity index (χ2n) is 10.9. The number of methoxy groups -OCH3 is 4. The van der Waals surface area contributed by atoms with Crippen LogP contribution in [0.3, 0.4) is 0 Å². The minimum Gasteiger partial charge on any atom is -0.497 e. The van der Waals surface area contributed by atoms with Gasteiger partial charge in [0, 0.05) is 49.2 Å². The molecule has 0 spiro atoms. The Labute approximate surface area is 284 Å². The van der Waals surface area contributed by atoms with Crippen molar-refractivity contribution in [1.29, 1.82) is 0 Å². The van der Waals surface area contributed by atoms with E-state index >= 15 is 0 Å². The molecule has 254 valence electrons. The molecule has 0 fully saturated rings. The first-order valence-corrected chi connectivity index (χ1v) is 15.1. The van der Waals surface area contributed by atoms with E-state index in [1.165, 1.54) is 59.4 Å². The molecule has 12 heteroatoms. The Morgan fingerprint density at radius 2 is 1.04 bits per heavy atom. The van der Waals surface area contributed by atoms with E-state index in [-0.39, 0.29) is 67.6 Å². The van der Waals surface area contributed by atoms with Crippen LogP contribution in [0.2, 0.25) is 0 Å². The Hall–Kier alpha value is -6.56. The summed E-state index contributed by atoms with van der Waals surface area (Å²) in [6, 6.07) is 19.0. The van der Waals surface area contributed by atoms with Crippen LogP contribution < -0.4 is 39.3 Å². The summed E-state index contributed by atoms with van der Waals surface area (Å²) in [5, 5.41) is -0.216. The van der Waals surface area contributed by atoms with Gasteiger partial charge in [0.25, 0.3) is 0 Å². The summed E-state index contributed by atoms with van der Waals surface area (Å²) in [5.41, 5.74) is 0.0375. The molecule has 6 aromatic rings. The third-order valence-electron chi connectivity index (χ3n) is 7.81. The van der Waals surface area contributed by atoms with Gasteiger partial charge in [-0.05, 0) is 48.5 Å². The zero-order valence-electron chi connectivity index (χ0n) is 27.8. The fourth-order valence-electron chi connectivity index (χ4n) is 5.62. The highest BCUT2D eigenvalue weighted by atomic mass is 16.5. The number of hydrogen-bond donors (Lipinski definition) is 0. The third kappa shape index (κ3) is 6.10. The van der Waals surface area contributed by atoms with Crippen LogP contribution in [0.25, 0.3) is 55.7 Å². The number of carbonyl (C=O) groups is 2. The van der Waals surface area contributed by atoms with E-state index in [0.29, 0.717) is 22.6 Å². The van der Waals surface area contributed by atoms with Gasteiger partial charge in [0.15, 0.2) is 22.2 Å². The Morgan fingerprint density at radius 1 is 0.540 bits per heavy atom. The number of fused-ring (bicyclic) bond motifs is 2. The van der Waals surface area contributed by atoms with Crippen molar-refractivity contribution < 1.29 is 46.8 Å². The van der Waals surface area contributed by atoms with E-state index < -0.39 is 22.8 Å². The van der Waals surface area contributed by atoms with E-state index in [1.807, 2.05) is 0 Å². The summed E-state index contributed by atoms with van der Waals surface area (Å²) in [7, 11) is 5.79. The fraction of sp³-hybridized carbons (Fsp3) is 0.158. The van der Waals surface area contributed by atoms with Crippen LogP contribution in [-0.2, 0) is 9.59 Å². The fourth-order valence-corrected chi connectivity index (χ4v) is 5.62. The lowest BCUT2D eigenvalue weighted by atomic mass is 9.96. The molecule has 0 unspecified atom stereocenters. The molecule has 0 saturated heterocycles. The lowest BCUT2D eigenvalue weighted by Gasteiger charge is -2.20. The molecule has 0 aliphatic heterocycles. The maximum Gasteiger partial charge on any atom is 0.308 e. The Bertz CT molecular complexity index is 2400. The van der Waals surface area contributed by atoms with E-state index in [0.717, 1.165) is 0 Å². The zero-order valence-corrected chi connectivity index (χ0v) is 27.8. The maximum atomic E-state index is 13.9. The van der Waals surface area contributed by atoms with Crippen LogP contribution in [0.4, 0.5) is 0 Å². The number of esters is 2. The zero-order chi connectivity index (χ0) is 35.7. The number of ether oxygens (including phenoxy) is 6. The topological polar surface area (TPSA) is 150 Å². The third-order valence-corrected chi connectivity index (χ3v) is 7.81. The Balaban J connectivity index is 1.74. The normalized spacial score (nSPS) is 10.9. The standard InChI is InChI=1S/C38H30O12/c1-19(39)47-31-17-29(45-5)36(38-33(31)26(42)16-28(50-38)22-9-13-24(44-4)14-10-22)35-30(46-6)18-32-34(37(35)48-20(2)40)25(41)15-27(49-32)21-7-11-23(43-3)12-8-21/h7-18H,1-6H3. The molecule has 4 aromatic carbocycles. The van der Waals surface area contributed by atoms with Crippen LogP contribution in [0.5, 0.6) is 34.5 Å². The number of benzene rings is 4. The molecular weight excluding hydrogens is 648 g/mol. The molecule has 0 atom stereocenters. The molecule has 0 aliphatic carbocycles. The van der Waals surface area contributed by atoms with Crippen molar-refractivity contribution in [3.05, 3.63) is 93.2 Å². The summed E-state index contributed by atoms with van der Waals surface area (Å²) >= 11 is 0. The number of carbonyl (C=O) groups excluding carboxylic acids is 2. The van der Waals surface area contributed by atoms with Crippen molar-refractivity contribution in [3.8, 4) is 68.3 Å². The van der Waals surface area contributed by atoms with Gasteiger partial charge in [0.2, 0.25) is 0 Å². The first-order valence-electron chi connectivity index (χ1n) is 15.1. The largest absolute Gasteiger partial charge is 0.497 e. The van der Waals surface area contributed by atoms with Crippen molar-refractivity contribution in [2.75, 3.05) is 28.4 Å². The molecule has 6 rings (SSSR count). The van der Waals surface area contributed by atoms with Gasteiger partial charge in [0.1, 0.15) is 56.6 Å². The predicted octanol–water partition coefficient (Wildman–Crippen LogP) is 6.79. The average molecular weight is 679 g/mol. The van der Waals surface area contributed by atoms with Crippen molar-refractivity contribution in [2.45, 2.75) is 13.8 Å². The Kier molecular flexibility index (Phi) is 9.01. The van der Waals surface area contributed by atoms with Gasteiger partial charge < -0.3 is 37.3 Å². The molecule has 50 heavy (non-hydrogen) atoms. The van der Waals surface area contributed by atoms with Crippen LogP contribution in [0.15, 0.2) is 91.2 Å². The highest BCUT2D eigenvalue weighted by Gasteiger charge is 2.30. The van der Waals surface area contributed by atoms with Gasteiger partial charge in [-0.1, -0.05) is 0 Å². The lowest BCUT2D eigenvalue weighted by Crippen LogP contribution is -2.11. The number of rotatable bonds is 9. The summed E-state index contributed by atoms with van der Waals surface area (Å²) in [5.74, 6) is -0.160. The van der Waals surface area contributed by atoms with Gasteiger partial charge in [-0.25, -0.2) is 0 Å². The van der Waals surface area contributed by atoms with Crippen molar-refractivity contribution in [3.63, 3.8) is 0 Å². The highest BCUT2D eigenvalue weighted by molar-refractivity contribution is 6.07. The average Bonchev–Trinajstić information content (AvgIpc) is 3.10. The Morgan fingerprint density at radius 3 is 1.54 bits per heavy atom. The van der Waals surface area contributed by atoms with Crippen LogP contribution in [-0.4, -0.2) is 40.4 Å². The first kappa shape index (κ1) is 33.3. The monoisotopic (exact) mass is 678 g/mol. The summed E-state index contributed by atoms with van der Waals surface area (Å²) < 4.78 is 45.9. The van der Waals surface area contributed by atoms with Gasteiger partial charge in [0.05, 0.1) is 39.6 Å². The maximum absolute atomic E-state index is 13.9. The van der Waals surface area contributed by atoms with Gasteiger partial charge in [-0.3, -0.25) is 19.2 Å². The molecule has 0 amide bonds. The van der Waals surface area contributed by atoms with Crippen LogP contribution in [0.1, 0.15) is 13.8 Å². The van der Waals surface area contributed by atoms with Crippen LogP contribution >= 0.6 is 0 Å². The summed E-state index contributed by atoms with van der Waals surface area (Å²) in [6.07, 6.45) is 0. The number of hydrogen-bond acceptors (Lipinski definition) is 12. The van der Waals surface area contributed by atoms with E-state index in [2.05, 4.69) is 0 Å². The van der Waals surface area contributed by atoms with Crippen molar-refractivity contribution in [2.24, 2.45) is 0 Å². The molecule has 0 bridgehead atoms. The predicted molar refractivity (Wildman–Crippen MR) is 184 cm³/mol. The van der Waals surface area contributed by atoms with E-state index in [4.69, 9.17) is 37.3 Å². The molecular formula is C38H30O12. The first-order chi connectivity index (χ1) is 24.1. The molecule has 0 aliphatic rings. The molecule has 0 saturated carbocycles. The molecule has 0 N–H and O–H groups in total. The molecule has 12 nitrogen and oxygen atoms in total. The van der Waals surface area contributed by atoms with Gasteiger partial charge >= 0.3 is 11.9 Å². The summed E-state index contributed by atoms with van der Waals surface area (Å²) in [4.78, 5) is 52.6. The minimum absolute atomic E-state index is 0.0333. The highest BCUT2D eigenvalue weighted by Crippen LogP contribution is 2.51. The molecule has 0 radical (unpaired) electrons. The second-order valence-corrected chi connectivity index (χ2v) is 10.9. The smallest absolute Gasteiger partial charge is 0.308 e. The lowest BCUT2D eigenvalue weighted by molar-refractivity contribution is -0.132. The SMILES string of the molecule is COc1ccc(-c2cc(=O)c3c(OC(C)=O)c(-c4c(OC)cc(OC(C)=O)c5c(=O)cc(-c6ccc(OC)cc6)oc45)c(OC)cc3o2)cc1. The van der Waals surface area contributed by atoms with Crippen molar-refractivity contribution >= 4 is 33.9 Å². The molecule has 2 aromatic heterocycles. The second kappa shape index (κ2) is 13.5. The van der Waals surface area contributed by atoms with Gasteiger partial charge in [-0.2, -0.15) is 0 Å². The van der Waals surface area contributed by atoms with Gasteiger partial charge in [-0.15, -0.1) is 0 Å². The summed E-state index contributed by atoms with van der Waals surface area (Å²) in [6.45, 7) is 2.35.